The second-order valence-corrected chi connectivity index (χ2v) is 7.83. The topological polar surface area (TPSA) is 123 Å². The number of aliphatic carboxylic acids is 1. The van der Waals surface area contributed by atoms with Crippen molar-refractivity contribution in [2.24, 2.45) is 0 Å². The molecule has 1 saturated heterocycles. The fourth-order valence-electron chi connectivity index (χ4n) is 2.92. The number of hydrogen-bond donors (Lipinski definition) is 1. The summed E-state index contributed by atoms with van der Waals surface area (Å²) in [6, 6.07) is 6.44. The monoisotopic (exact) mass is 448 g/mol. The molecular formula is C19H16N2O7S2. The van der Waals surface area contributed by atoms with E-state index in [9.17, 15) is 24.8 Å². The summed E-state index contributed by atoms with van der Waals surface area (Å²) in [5.74, 6) is -0.804. The van der Waals surface area contributed by atoms with Crippen LogP contribution in [0.3, 0.4) is 0 Å². The first-order valence-electron chi connectivity index (χ1n) is 8.69. The molecule has 0 bridgehead atoms. The number of nitro groups is 1. The molecule has 1 aromatic heterocycles. The quantitative estimate of drug-likeness (QED) is 0.290. The van der Waals surface area contributed by atoms with Crippen molar-refractivity contribution in [3.8, 4) is 17.1 Å². The Morgan fingerprint density at radius 3 is 2.77 bits per heavy atom. The van der Waals surface area contributed by atoms with E-state index < -0.39 is 22.8 Å². The fraction of sp³-hybridized carbons (Fsp3) is 0.211. The van der Waals surface area contributed by atoms with Crippen LogP contribution in [0.15, 0.2) is 39.7 Å². The number of nitrogens with zero attached hydrogens (tertiary/aromatic N) is 2. The second kappa shape index (κ2) is 8.67. The minimum Gasteiger partial charge on any atom is -0.497 e. The largest absolute Gasteiger partial charge is 0.497 e. The van der Waals surface area contributed by atoms with Gasteiger partial charge in [0.25, 0.3) is 11.6 Å². The van der Waals surface area contributed by atoms with E-state index in [1.54, 1.807) is 25.1 Å². The van der Waals surface area contributed by atoms with Crippen molar-refractivity contribution in [1.29, 1.82) is 0 Å². The van der Waals surface area contributed by atoms with Crippen molar-refractivity contribution in [3.63, 3.8) is 0 Å². The van der Waals surface area contributed by atoms with Gasteiger partial charge in [0.1, 0.15) is 27.6 Å². The van der Waals surface area contributed by atoms with Gasteiger partial charge in [0.05, 0.1) is 28.6 Å². The van der Waals surface area contributed by atoms with Gasteiger partial charge < -0.3 is 14.3 Å². The minimum absolute atomic E-state index is 0.151. The Bertz CT molecular complexity index is 1080. The van der Waals surface area contributed by atoms with Crippen LogP contribution in [0.4, 0.5) is 5.69 Å². The molecule has 1 aliphatic rings. The number of carbonyl (C=O) groups is 2. The number of methoxy groups -OCH3 is 1. The van der Waals surface area contributed by atoms with Crippen molar-refractivity contribution in [3.05, 3.63) is 51.1 Å². The Morgan fingerprint density at radius 1 is 1.43 bits per heavy atom. The minimum atomic E-state index is -1.14. The maximum Gasteiger partial charge on any atom is 0.326 e. The van der Waals surface area contributed by atoms with E-state index in [1.807, 2.05) is 0 Å². The zero-order valence-corrected chi connectivity index (χ0v) is 17.5. The van der Waals surface area contributed by atoms with Crippen LogP contribution in [0.2, 0.25) is 0 Å². The molecule has 1 amide bonds. The van der Waals surface area contributed by atoms with Crippen LogP contribution >= 0.6 is 24.0 Å². The van der Waals surface area contributed by atoms with Crippen molar-refractivity contribution in [2.75, 3.05) is 7.11 Å². The Morgan fingerprint density at radius 2 is 2.17 bits per heavy atom. The van der Waals surface area contributed by atoms with Gasteiger partial charge in [-0.1, -0.05) is 30.9 Å². The van der Waals surface area contributed by atoms with Crippen LogP contribution in [-0.4, -0.2) is 44.3 Å². The van der Waals surface area contributed by atoms with Crippen molar-refractivity contribution < 1.29 is 28.8 Å². The van der Waals surface area contributed by atoms with Gasteiger partial charge in [0.15, 0.2) is 0 Å². The Balaban J connectivity index is 1.92. The van der Waals surface area contributed by atoms with E-state index in [0.29, 0.717) is 5.75 Å². The molecule has 0 radical (unpaired) electrons. The highest BCUT2D eigenvalue weighted by molar-refractivity contribution is 8.26. The van der Waals surface area contributed by atoms with Gasteiger partial charge >= 0.3 is 5.97 Å². The third kappa shape index (κ3) is 4.07. The highest BCUT2D eigenvalue weighted by Gasteiger charge is 2.39. The number of carboxylic acids is 1. The van der Waals surface area contributed by atoms with Gasteiger partial charge in [-0.15, -0.1) is 0 Å². The summed E-state index contributed by atoms with van der Waals surface area (Å²) in [4.78, 5) is 36.2. The van der Waals surface area contributed by atoms with Crippen molar-refractivity contribution >= 4 is 51.9 Å². The van der Waals surface area contributed by atoms with Crippen LogP contribution in [-0.2, 0) is 9.59 Å². The lowest BCUT2D eigenvalue weighted by atomic mass is 10.1. The van der Waals surface area contributed by atoms with Crippen LogP contribution < -0.4 is 4.74 Å². The molecule has 1 aromatic carbocycles. The number of ether oxygens (including phenoxy) is 1. The summed E-state index contributed by atoms with van der Waals surface area (Å²) in [5, 5.41) is 20.7. The van der Waals surface area contributed by atoms with Crippen molar-refractivity contribution in [2.45, 2.75) is 19.4 Å². The Hall–Kier alpha value is -3.18. The van der Waals surface area contributed by atoms with Gasteiger partial charge in [0.2, 0.25) is 0 Å². The molecule has 3 rings (SSSR count). The number of thiocarbonyl (C=S) groups is 1. The van der Waals surface area contributed by atoms with Crippen LogP contribution in [0.1, 0.15) is 19.1 Å². The second-order valence-electron chi connectivity index (χ2n) is 6.16. The van der Waals surface area contributed by atoms with E-state index in [4.69, 9.17) is 21.4 Å². The molecule has 0 aliphatic carbocycles. The maximum absolute atomic E-state index is 12.7. The number of rotatable bonds is 7. The molecule has 0 unspecified atom stereocenters. The molecule has 30 heavy (non-hydrogen) atoms. The summed E-state index contributed by atoms with van der Waals surface area (Å²) in [5.41, 5.74) is 0.0683. The number of carbonyl (C=O) groups excluding carboxylic acids is 1. The van der Waals surface area contributed by atoms with E-state index in [0.717, 1.165) is 16.7 Å². The molecule has 156 valence electrons. The zero-order chi connectivity index (χ0) is 22.0. The summed E-state index contributed by atoms with van der Waals surface area (Å²) in [6.07, 6.45) is 1.65. The molecule has 11 heteroatoms. The predicted octanol–water partition coefficient (Wildman–Crippen LogP) is 3.93. The lowest BCUT2D eigenvalue weighted by molar-refractivity contribution is -0.384. The molecule has 0 spiro atoms. The first kappa shape index (κ1) is 21.5. The van der Waals surface area contributed by atoms with Gasteiger partial charge in [-0.2, -0.15) is 0 Å². The van der Waals surface area contributed by atoms with E-state index in [1.165, 1.54) is 25.3 Å². The number of benzene rings is 1. The maximum atomic E-state index is 12.7. The molecule has 9 nitrogen and oxygen atoms in total. The molecule has 1 aliphatic heterocycles. The standard InChI is InChI=1S/C19H16N2O7S2/c1-3-13(18(23)24)20-17(22)16(30-19(20)29)9-11-5-7-15(28-11)12-6-4-10(27-2)8-14(12)21(25)26/h4-9,13H,3H2,1-2H3,(H,23,24)/b16-9+/t13-/m0/s1. The smallest absolute Gasteiger partial charge is 0.326 e. The lowest BCUT2D eigenvalue weighted by Gasteiger charge is -2.21. The highest BCUT2D eigenvalue weighted by Crippen LogP contribution is 2.37. The SMILES string of the molecule is CC[C@@H](C(=O)O)N1C(=O)/C(=C\c2ccc(-c3ccc(OC)cc3[N+](=O)[O-])o2)SC1=S. The average Bonchev–Trinajstić information content (AvgIpc) is 3.28. The molecule has 2 aromatic rings. The van der Waals surface area contributed by atoms with Gasteiger partial charge in [-0.05, 0) is 30.7 Å². The normalized spacial score (nSPS) is 16.2. The Labute approximate surface area is 180 Å². The lowest BCUT2D eigenvalue weighted by Crippen LogP contribution is -2.43. The number of hydrogen-bond acceptors (Lipinski definition) is 8. The predicted molar refractivity (Wildman–Crippen MR) is 114 cm³/mol. The van der Waals surface area contributed by atoms with Crippen molar-refractivity contribution in [1.82, 2.24) is 4.90 Å². The van der Waals surface area contributed by atoms with Crippen LogP contribution in [0.25, 0.3) is 17.4 Å². The molecule has 1 atom stereocenters. The summed E-state index contributed by atoms with van der Waals surface area (Å²) >= 11 is 6.15. The van der Waals surface area contributed by atoms with Crippen LogP contribution in [0, 0.1) is 10.1 Å². The molecule has 0 saturated carbocycles. The first-order valence-corrected chi connectivity index (χ1v) is 9.91. The van der Waals surface area contributed by atoms with Gasteiger partial charge in [0, 0.05) is 6.08 Å². The Kier molecular flexibility index (Phi) is 6.22. The van der Waals surface area contributed by atoms with Gasteiger partial charge in [-0.3, -0.25) is 19.8 Å². The summed E-state index contributed by atoms with van der Waals surface area (Å²) in [7, 11) is 1.41. The third-order valence-corrected chi connectivity index (χ3v) is 5.70. The average molecular weight is 448 g/mol. The summed E-state index contributed by atoms with van der Waals surface area (Å²) < 4.78 is 10.9. The molecule has 2 heterocycles. The zero-order valence-electron chi connectivity index (χ0n) is 15.9. The molecule has 1 N–H and O–H groups in total. The third-order valence-electron chi connectivity index (χ3n) is 4.37. The number of amides is 1. The number of furan rings is 1. The first-order chi connectivity index (χ1) is 14.3. The fourth-order valence-corrected chi connectivity index (χ4v) is 4.26. The molecule has 1 fully saturated rings. The number of thioether (sulfide) groups is 1. The van der Waals surface area contributed by atoms with Crippen LogP contribution in [0.5, 0.6) is 5.75 Å². The molecular weight excluding hydrogens is 432 g/mol. The number of carboxylic acid groups (broad SMARTS) is 1. The number of nitro benzene ring substituents is 1. The van der Waals surface area contributed by atoms with E-state index in [2.05, 4.69) is 0 Å². The van der Waals surface area contributed by atoms with E-state index in [-0.39, 0.29) is 38.4 Å². The van der Waals surface area contributed by atoms with Gasteiger partial charge in [-0.25, -0.2) is 4.79 Å². The highest BCUT2D eigenvalue weighted by atomic mass is 32.2. The summed E-state index contributed by atoms with van der Waals surface area (Å²) in [6.45, 7) is 1.65. The van der Waals surface area contributed by atoms with E-state index >= 15 is 0 Å².